The van der Waals surface area contributed by atoms with Crippen LogP contribution in [0, 0.1) is 0 Å². The monoisotopic (exact) mass is 403 g/mol. The topological polar surface area (TPSA) is 80.2 Å². The molecule has 4 rings (SSSR count). The largest absolute Gasteiger partial charge is 0.477 e. The van der Waals surface area contributed by atoms with E-state index in [1.807, 2.05) is 43.3 Å². The Hall–Kier alpha value is -3.48. The minimum Gasteiger partial charge on any atom is -0.477 e. The van der Waals surface area contributed by atoms with E-state index in [0.29, 0.717) is 23.7 Å². The van der Waals surface area contributed by atoms with Gasteiger partial charge in [0.1, 0.15) is 5.56 Å². The molecule has 0 atom stereocenters. The van der Waals surface area contributed by atoms with Gasteiger partial charge in [-0.25, -0.2) is 4.98 Å². The van der Waals surface area contributed by atoms with Crippen molar-refractivity contribution in [2.24, 2.45) is 0 Å². The van der Waals surface area contributed by atoms with Crippen LogP contribution < -0.4 is 15.0 Å². The zero-order valence-corrected chi connectivity index (χ0v) is 17.0. The van der Waals surface area contributed by atoms with Crippen molar-refractivity contribution in [1.82, 2.24) is 15.2 Å². The second kappa shape index (κ2) is 9.35. The first-order valence-electron chi connectivity index (χ1n) is 10.3. The van der Waals surface area contributed by atoms with Crippen molar-refractivity contribution < 1.29 is 9.53 Å². The Kier molecular flexibility index (Phi) is 6.17. The first-order valence-corrected chi connectivity index (χ1v) is 10.3. The van der Waals surface area contributed by atoms with Crippen molar-refractivity contribution in [3.05, 3.63) is 60.3 Å². The molecule has 0 radical (unpaired) electrons. The molecule has 1 fully saturated rings. The first kappa shape index (κ1) is 19.8. The number of aromatic nitrogens is 3. The van der Waals surface area contributed by atoms with E-state index >= 15 is 0 Å². The van der Waals surface area contributed by atoms with Crippen molar-refractivity contribution in [3.8, 4) is 17.1 Å². The third kappa shape index (κ3) is 4.56. The average Bonchev–Trinajstić information content (AvgIpc) is 2.81. The van der Waals surface area contributed by atoms with Gasteiger partial charge in [-0.3, -0.25) is 4.79 Å². The molecule has 0 aliphatic carbocycles. The Bertz CT molecular complexity index is 983. The molecule has 1 N–H and O–H groups in total. The zero-order valence-electron chi connectivity index (χ0n) is 17.0. The van der Waals surface area contributed by atoms with Gasteiger partial charge in [0.15, 0.2) is 5.82 Å². The molecular weight excluding hydrogens is 378 g/mol. The third-order valence-electron chi connectivity index (χ3n) is 5.07. The number of piperidine rings is 1. The lowest BCUT2D eigenvalue weighted by molar-refractivity contribution is 0.102. The molecule has 3 heterocycles. The van der Waals surface area contributed by atoms with E-state index in [4.69, 9.17) is 4.74 Å². The molecule has 2 aromatic heterocycles. The summed E-state index contributed by atoms with van der Waals surface area (Å²) in [5.74, 6) is 1.01. The fourth-order valence-corrected chi connectivity index (χ4v) is 3.51. The molecule has 7 nitrogen and oxygen atoms in total. The Morgan fingerprint density at radius 2 is 1.83 bits per heavy atom. The number of carbonyl (C=O) groups is 1. The zero-order chi connectivity index (χ0) is 20.8. The normalized spacial score (nSPS) is 13.7. The highest BCUT2D eigenvalue weighted by Crippen LogP contribution is 2.23. The molecule has 154 valence electrons. The van der Waals surface area contributed by atoms with E-state index in [1.54, 1.807) is 18.3 Å². The van der Waals surface area contributed by atoms with Gasteiger partial charge in [0, 0.05) is 30.5 Å². The highest BCUT2D eigenvalue weighted by atomic mass is 16.5. The molecule has 1 saturated heterocycles. The van der Waals surface area contributed by atoms with Crippen molar-refractivity contribution in [2.75, 3.05) is 29.9 Å². The number of amides is 1. The molecule has 3 aromatic rings. The van der Waals surface area contributed by atoms with E-state index in [2.05, 4.69) is 25.4 Å². The summed E-state index contributed by atoms with van der Waals surface area (Å²) in [5.41, 5.74) is 2.84. The lowest BCUT2D eigenvalue weighted by Crippen LogP contribution is -2.30. The van der Waals surface area contributed by atoms with E-state index in [-0.39, 0.29) is 5.91 Å². The number of pyridine rings is 1. The minimum absolute atomic E-state index is 0.259. The quantitative estimate of drug-likeness (QED) is 0.665. The van der Waals surface area contributed by atoms with Crippen LogP contribution in [0.5, 0.6) is 5.88 Å². The molecular formula is C23H25N5O2. The summed E-state index contributed by atoms with van der Waals surface area (Å²) in [6, 6.07) is 15.0. The van der Waals surface area contributed by atoms with Crippen LogP contribution >= 0.6 is 0 Å². The van der Waals surface area contributed by atoms with Crippen molar-refractivity contribution >= 4 is 17.4 Å². The van der Waals surface area contributed by atoms with E-state index < -0.39 is 0 Å². The van der Waals surface area contributed by atoms with Crippen molar-refractivity contribution in [3.63, 3.8) is 0 Å². The Labute approximate surface area is 176 Å². The molecule has 1 aromatic carbocycles. The number of nitrogens with zero attached hydrogens (tertiary/aromatic N) is 4. The lowest BCUT2D eigenvalue weighted by atomic mass is 10.1. The van der Waals surface area contributed by atoms with E-state index in [0.717, 1.165) is 30.2 Å². The summed E-state index contributed by atoms with van der Waals surface area (Å²) in [6.45, 7) is 4.40. The Balaban J connectivity index is 1.43. The van der Waals surface area contributed by atoms with Crippen LogP contribution in [0.2, 0.25) is 0 Å². The second-order valence-electron chi connectivity index (χ2n) is 7.15. The maximum Gasteiger partial charge on any atom is 0.261 e. The molecule has 1 aliphatic heterocycles. The third-order valence-corrected chi connectivity index (χ3v) is 5.07. The van der Waals surface area contributed by atoms with Crippen LogP contribution in [0.15, 0.2) is 54.7 Å². The minimum atomic E-state index is -0.259. The standard InChI is InChI=1S/C23H25N5O2/c1-2-30-23-19(7-6-14-24-23)22(29)25-18-10-8-17(9-11-18)20-12-13-21(27-26-20)28-15-4-3-5-16-28/h6-14H,2-5,15-16H2,1H3,(H,25,29). The first-order chi connectivity index (χ1) is 14.7. The maximum absolute atomic E-state index is 12.6. The summed E-state index contributed by atoms with van der Waals surface area (Å²) >= 11 is 0. The molecule has 1 amide bonds. The predicted molar refractivity (Wildman–Crippen MR) is 117 cm³/mol. The molecule has 0 bridgehead atoms. The lowest BCUT2D eigenvalue weighted by Gasteiger charge is -2.27. The van der Waals surface area contributed by atoms with Crippen LogP contribution in [-0.4, -0.2) is 40.8 Å². The van der Waals surface area contributed by atoms with Crippen molar-refractivity contribution in [2.45, 2.75) is 26.2 Å². The Morgan fingerprint density at radius 1 is 1.03 bits per heavy atom. The number of anilines is 2. The summed E-state index contributed by atoms with van der Waals surface area (Å²) in [6.07, 6.45) is 5.32. The number of hydrogen-bond acceptors (Lipinski definition) is 6. The molecule has 0 spiro atoms. The molecule has 0 unspecified atom stereocenters. The smallest absolute Gasteiger partial charge is 0.261 e. The summed E-state index contributed by atoms with van der Waals surface area (Å²) < 4.78 is 5.44. The van der Waals surface area contributed by atoms with Gasteiger partial charge in [0.2, 0.25) is 5.88 Å². The van der Waals surface area contributed by atoms with Gasteiger partial charge < -0.3 is 15.0 Å². The van der Waals surface area contributed by atoms with Crippen LogP contribution in [0.1, 0.15) is 36.5 Å². The number of carbonyl (C=O) groups excluding carboxylic acids is 1. The summed E-state index contributed by atoms with van der Waals surface area (Å²) in [4.78, 5) is 19.0. The number of hydrogen-bond donors (Lipinski definition) is 1. The van der Waals surface area contributed by atoms with E-state index in [9.17, 15) is 4.79 Å². The van der Waals surface area contributed by atoms with Gasteiger partial charge in [0.25, 0.3) is 5.91 Å². The van der Waals surface area contributed by atoms with Gasteiger partial charge in [-0.2, -0.15) is 0 Å². The Morgan fingerprint density at radius 3 is 2.53 bits per heavy atom. The number of benzene rings is 1. The second-order valence-corrected chi connectivity index (χ2v) is 7.15. The summed E-state index contributed by atoms with van der Waals surface area (Å²) in [7, 11) is 0. The van der Waals surface area contributed by atoms with Gasteiger partial charge in [0.05, 0.1) is 12.3 Å². The molecule has 7 heteroatoms. The van der Waals surface area contributed by atoms with Crippen LogP contribution in [0.25, 0.3) is 11.3 Å². The molecule has 30 heavy (non-hydrogen) atoms. The highest BCUT2D eigenvalue weighted by Gasteiger charge is 2.14. The highest BCUT2D eigenvalue weighted by molar-refractivity contribution is 6.05. The number of nitrogens with one attached hydrogen (secondary N) is 1. The van der Waals surface area contributed by atoms with Gasteiger partial charge in [-0.05, 0) is 62.6 Å². The molecule has 0 saturated carbocycles. The van der Waals surface area contributed by atoms with Crippen LogP contribution in [-0.2, 0) is 0 Å². The van der Waals surface area contributed by atoms with Gasteiger partial charge in [-0.15, -0.1) is 10.2 Å². The van der Waals surface area contributed by atoms with E-state index in [1.165, 1.54) is 19.3 Å². The van der Waals surface area contributed by atoms with Crippen LogP contribution in [0.4, 0.5) is 11.5 Å². The maximum atomic E-state index is 12.6. The average molecular weight is 403 g/mol. The molecule has 1 aliphatic rings. The SMILES string of the molecule is CCOc1ncccc1C(=O)Nc1ccc(-c2ccc(N3CCCCC3)nn2)cc1. The van der Waals surface area contributed by atoms with Gasteiger partial charge in [-0.1, -0.05) is 12.1 Å². The predicted octanol–water partition coefficient (Wildman–Crippen LogP) is 4.18. The van der Waals surface area contributed by atoms with Crippen molar-refractivity contribution in [1.29, 1.82) is 0 Å². The van der Waals surface area contributed by atoms with Crippen LogP contribution in [0.3, 0.4) is 0 Å². The van der Waals surface area contributed by atoms with Gasteiger partial charge >= 0.3 is 0 Å². The fraction of sp³-hybridized carbons (Fsp3) is 0.304. The number of rotatable bonds is 6. The number of ether oxygens (including phenoxy) is 1. The fourth-order valence-electron chi connectivity index (χ4n) is 3.51. The summed E-state index contributed by atoms with van der Waals surface area (Å²) in [5, 5.41) is 11.7.